The first kappa shape index (κ1) is 21.6. The molecule has 2 saturated carbocycles. The van der Waals surface area contributed by atoms with E-state index in [2.05, 4.69) is 36.4 Å². The summed E-state index contributed by atoms with van der Waals surface area (Å²) in [4.78, 5) is 5.95. The Hall–Kier alpha value is -2.29. The molecule has 2 nitrogen and oxygen atoms in total. The second-order valence-electron chi connectivity index (χ2n) is 8.91. The molecular formula is C28H27Cl2NO. The van der Waals surface area contributed by atoms with Gasteiger partial charge in [0.05, 0.1) is 5.71 Å². The van der Waals surface area contributed by atoms with Gasteiger partial charge in [0.15, 0.2) is 0 Å². The summed E-state index contributed by atoms with van der Waals surface area (Å²) in [7, 11) is 0. The van der Waals surface area contributed by atoms with E-state index in [4.69, 9.17) is 33.2 Å². The van der Waals surface area contributed by atoms with Crippen LogP contribution in [0.1, 0.15) is 54.2 Å². The van der Waals surface area contributed by atoms with Crippen molar-refractivity contribution in [3.8, 4) is 0 Å². The van der Waals surface area contributed by atoms with Gasteiger partial charge in [-0.2, -0.15) is 0 Å². The minimum atomic E-state index is 0.306. The summed E-state index contributed by atoms with van der Waals surface area (Å²) in [6.07, 6.45) is 4.46. The van der Waals surface area contributed by atoms with Crippen molar-refractivity contribution in [3.63, 3.8) is 0 Å². The van der Waals surface area contributed by atoms with Crippen molar-refractivity contribution in [1.29, 1.82) is 0 Å². The highest BCUT2D eigenvalue weighted by atomic mass is 35.5. The van der Waals surface area contributed by atoms with Crippen LogP contribution in [0.25, 0.3) is 0 Å². The molecule has 0 spiro atoms. The van der Waals surface area contributed by atoms with E-state index in [-0.39, 0.29) is 0 Å². The molecule has 0 radical (unpaired) electrons. The summed E-state index contributed by atoms with van der Waals surface area (Å²) in [5.74, 6) is 1.31. The van der Waals surface area contributed by atoms with Crippen molar-refractivity contribution in [2.45, 2.75) is 44.1 Å². The third-order valence-electron chi connectivity index (χ3n) is 7.12. The molecule has 0 aliphatic heterocycles. The summed E-state index contributed by atoms with van der Waals surface area (Å²) >= 11 is 13.4. The molecule has 3 aromatic rings. The van der Waals surface area contributed by atoms with Gasteiger partial charge in [0.2, 0.25) is 0 Å². The molecule has 164 valence electrons. The molecule has 2 aliphatic carbocycles. The maximum Gasteiger partial charge on any atom is 0.142 e. The van der Waals surface area contributed by atoms with Crippen LogP contribution in [0, 0.1) is 11.8 Å². The van der Waals surface area contributed by atoms with Gasteiger partial charge in [-0.15, -0.1) is 0 Å². The number of benzene rings is 3. The minimum Gasteiger partial charge on any atom is -0.391 e. The highest BCUT2D eigenvalue weighted by Crippen LogP contribution is 2.54. The van der Waals surface area contributed by atoms with Crippen molar-refractivity contribution < 1.29 is 4.84 Å². The molecule has 0 heterocycles. The highest BCUT2D eigenvalue weighted by molar-refractivity contribution is 6.31. The fraction of sp³-hybridized carbons (Fsp3) is 0.321. The number of nitrogens with zero attached hydrogens (tertiary/aromatic N) is 1. The van der Waals surface area contributed by atoms with E-state index >= 15 is 0 Å². The van der Waals surface area contributed by atoms with Crippen LogP contribution in [-0.2, 0) is 11.4 Å². The van der Waals surface area contributed by atoms with Crippen LogP contribution >= 0.6 is 23.2 Å². The molecule has 0 N–H and O–H groups in total. The smallest absolute Gasteiger partial charge is 0.142 e. The van der Waals surface area contributed by atoms with Gasteiger partial charge in [0.25, 0.3) is 0 Å². The molecule has 0 aromatic heterocycles. The van der Waals surface area contributed by atoms with Crippen LogP contribution in [0.3, 0.4) is 0 Å². The topological polar surface area (TPSA) is 21.6 Å². The van der Waals surface area contributed by atoms with Gasteiger partial charge in [-0.25, -0.2) is 0 Å². The number of hydrogen-bond acceptors (Lipinski definition) is 2. The van der Waals surface area contributed by atoms with Gasteiger partial charge in [-0.05, 0) is 59.9 Å². The third kappa shape index (κ3) is 4.31. The minimum absolute atomic E-state index is 0.306. The lowest BCUT2D eigenvalue weighted by Gasteiger charge is -2.46. The maximum absolute atomic E-state index is 6.69. The van der Waals surface area contributed by atoms with Gasteiger partial charge < -0.3 is 4.84 Å². The molecular weight excluding hydrogens is 437 g/mol. The molecule has 3 aromatic carbocycles. The van der Waals surface area contributed by atoms with Crippen molar-refractivity contribution in [3.05, 3.63) is 106 Å². The third-order valence-corrected chi connectivity index (χ3v) is 7.81. The molecule has 4 atom stereocenters. The lowest BCUT2D eigenvalue weighted by molar-refractivity contribution is 0.120. The zero-order valence-electron chi connectivity index (χ0n) is 18.0. The molecule has 4 unspecified atom stereocenters. The molecule has 2 bridgehead atoms. The average molecular weight is 464 g/mol. The van der Waals surface area contributed by atoms with Gasteiger partial charge in [-0.1, -0.05) is 102 Å². The molecule has 32 heavy (non-hydrogen) atoms. The average Bonchev–Trinajstić information content (AvgIpc) is 2.81. The van der Waals surface area contributed by atoms with E-state index in [1.807, 2.05) is 42.5 Å². The predicted molar refractivity (Wildman–Crippen MR) is 132 cm³/mol. The second kappa shape index (κ2) is 9.68. The van der Waals surface area contributed by atoms with Crippen molar-refractivity contribution in [1.82, 2.24) is 0 Å². The summed E-state index contributed by atoms with van der Waals surface area (Å²) < 4.78 is 0. The normalized spacial score (nSPS) is 24.8. The Morgan fingerprint density at radius 3 is 1.78 bits per heavy atom. The SMILES string of the molecule is Clc1ccccc1C1CC(c2ccccc2Cl)C2CCCC1C2=NOCc1ccccc1. The van der Waals surface area contributed by atoms with Crippen LogP contribution < -0.4 is 0 Å². The fourth-order valence-electron chi connectivity index (χ4n) is 5.68. The second-order valence-corrected chi connectivity index (χ2v) is 9.73. The van der Waals surface area contributed by atoms with Crippen LogP contribution in [0.2, 0.25) is 10.0 Å². The van der Waals surface area contributed by atoms with Gasteiger partial charge in [0, 0.05) is 21.9 Å². The first-order chi connectivity index (χ1) is 15.7. The van der Waals surface area contributed by atoms with Gasteiger partial charge in [0.1, 0.15) is 6.61 Å². The number of fused-ring (bicyclic) bond motifs is 2. The first-order valence-electron chi connectivity index (χ1n) is 11.4. The van der Waals surface area contributed by atoms with Crippen molar-refractivity contribution >= 4 is 28.9 Å². The number of hydrogen-bond donors (Lipinski definition) is 0. The van der Waals surface area contributed by atoms with E-state index in [9.17, 15) is 0 Å². The van der Waals surface area contributed by atoms with E-state index < -0.39 is 0 Å². The first-order valence-corrected chi connectivity index (χ1v) is 12.2. The van der Waals surface area contributed by atoms with Gasteiger partial charge in [-0.3, -0.25) is 0 Å². The Bertz CT molecular complexity index is 1040. The van der Waals surface area contributed by atoms with Gasteiger partial charge >= 0.3 is 0 Å². The predicted octanol–water partition coefficient (Wildman–Crippen LogP) is 8.25. The van der Waals surface area contributed by atoms with Crippen LogP contribution in [-0.4, -0.2) is 5.71 Å². The lowest BCUT2D eigenvalue weighted by atomic mass is 9.58. The standard InChI is InChI=1S/C28H27Cl2NO/c29-26-15-6-4-11-20(26)24-17-25(21-12-5-7-16-27(21)30)23-14-8-13-22(24)28(23)31-32-18-19-9-2-1-3-10-19/h1-7,9-12,15-16,22-25H,8,13-14,17-18H2. The largest absolute Gasteiger partial charge is 0.391 e. The highest BCUT2D eigenvalue weighted by Gasteiger charge is 2.46. The summed E-state index contributed by atoms with van der Waals surface area (Å²) in [6.45, 7) is 0.483. The van der Waals surface area contributed by atoms with E-state index in [0.717, 1.165) is 34.9 Å². The summed E-state index contributed by atoms with van der Waals surface area (Å²) in [5, 5.41) is 6.48. The van der Waals surface area contributed by atoms with Crippen LogP contribution in [0.5, 0.6) is 0 Å². The number of oxime groups is 1. The van der Waals surface area contributed by atoms with Crippen LogP contribution in [0.15, 0.2) is 84.0 Å². The molecule has 0 amide bonds. The fourth-order valence-corrected chi connectivity index (χ4v) is 6.23. The molecule has 4 heteroatoms. The zero-order chi connectivity index (χ0) is 21.9. The maximum atomic E-state index is 6.69. The Morgan fingerprint density at radius 1 is 0.688 bits per heavy atom. The monoisotopic (exact) mass is 463 g/mol. The number of rotatable bonds is 5. The lowest BCUT2D eigenvalue weighted by Crippen LogP contribution is -2.42. The summed E-state index contributed by atoms with van der Waals surface area (Å²) in [5.41, 5.74) is 4.75. The molecule has 2 aliphatic rings. The zero-order valence-corrected chi connectivity index (χ0v) is 19.5. The van der Waals surface area contributed by atoms with E-state index in [0.29, 0.717) is 30.3 Å². The number of halogens is 2. The van der Waals surface area contributed by atoms with Crippen LogP contribution in [0.4, 0.5) is 0 Å². The quantitative estimate of drug-likeness (QED) is 0.348. The van der Waals surface area contributed by atoms with Crippen molar-refractivity contribution in [2.75, 3.05) is 0 Å². The Balaban J connectivity index is 1.53. The van der Waals surface area contributed by atoms with E-state index in [1.54, 1.807) is 0 Å². The Kier molecular flexibility index (Phi) is 6.52. The molecule has 5 rings (SSSR count). The molecule has 2 fully saturated rings. The Morgan fingerprint density at radius 2 is 1.22 bits per heavy atom. The van der Waals surface area contributed by atoms with E-state index in [1.165, 1.54) is 23.3 Å². The summed E-state index contributed by atoms with van der Waals surface area (Å²) in [6, 6.07) is 26.7. The Labute approximate surface area is 200 Å². The van der Waals surface area contributed by atoms with Crippen molar-refractivity contribution in [2.24, 2.45) is 17.0 Å². The molecule has 0 saturated heterocycles.